The molecule has 0 aliphatic heterocycles. The van der Waals surface area contributed by atoms with Crippen molar-refractivity contribution in [1.82, 2.24) is 5.16 Å². The third-order valence-electron chi connectivity index (χ3n) is 2.05. The highest BCUT2D eigenvalue weighted by atomic mass is 19.1. The Morgan fingerprint density at radius 1 is 1.44 bits per heavy atom. The van der Waals surface area contributed by atoms with Crippen LogP contribution in [0.4, 0.5) is 10.2 Å². The molecule has 1 heterocycles. The zero-order valence-corrected chi connectivity index (χ0v) is 8.53. The number of amides is 1. The first-order valence-electron chi connectivity index (χ1n) is 4.65. The van der Waals surface area contributed by atoms with Crippen LogP contribution in [0.5, 0.6) is 0 Å². The summed E-state index contributed by atoms with van der Waals surface area (Å²) in [5.41, 5.74) is 0.801. The summed E-state index contributed by atoms with van der Waals surface area (Å²) < 4.78 is 17.9. The maximum atomic E-state index is 13.3. The van der Waals surface area contributed by atoms with E-state index >= 15 is 0 Å². The molecule has 0 saturated carbocycles. The Morgan fingerprint density at radius 3 is 2.94 bits per heavy atom. The fourth-order valence-corrected chi connectivity index (χ4v) is 1.27. The SMILES string of the molecule is Cc1ccc(F)c(C(=O)Nc2ccon2)c1. The number of aryl methyl sites for hydroxylation is 1. The molecule has 1 amide bonds. The van der Waals surface area contributed by atoms with Crippen LogP contribution in [0.25, 0.3) is 0 Å². The number of rotatable bonds is 2. The van der Waals surface area contributed by atoms with Gasteiger partial charge in [0, 0.05) is 6.07 Å². The number of benzene rings is 1. The standard InChI is InChI=1S/C11H9FN2O2/c1-7-2-3-9(12)8(6-7)11(15)13-10-4-5-16-14-10/h2-6H,1H3,(H,13,14,15). The molecule has 1 aromatic heterocycles. The predicted octanol–water partition coefficient (Wildman–Crippen LogP) is 2.37. The molecule has 0 bridgehead atoms. The number of nitrogens with zero attached hydrogens (tertiary/aromatic N) is 1. The van der Waals surface area contributed by atoms with E-state index in [0.29, 0.717) is 0 Å². The van der Waals surface area contributed by atoms with E-state index in [-0.39, 0.29) is 11.4 Å². The van der Waals surface area contributed by atoms with Crippen molar-refractivity contribution >= 4 is 11.7 Å². The molecule has 0 radical (unpaired) electrons. The van der Waals surface area contributed by atoms with Gasteiger partial charge in [0.2, 0.25) is 0 Å². The topological polar surface area (TPSA) is 55.1 Å². The molecule has 0 aliphatic rings. The van der Waals surface area contributed by atoms with E-state index in [0.717, 1.165) is 5.56 Å². The molecule has 2 rings (SSSR count). The van der Waals surface area contributed by atoms with Crippen LogP contribution < -0.4 is 5.32 Å². The third-order valence-corrected chi connectivity index (χ3v) is 2.05. The van der Waals surface area contributed by atoms with Gasteiger partial charge in [-0.05, 0) is 19.1 Å². The second-order valence-corrected chi connectivity index (χ2v) is 3.32. The lowest BCUT2D eigenvalue weighted by Gasteiger charge is -2.03. The van der Waals surface area contributed by atoms with Gasteiger partial charge in [0.25, 0.3) is 5.91 Å². The smallest absolute Gasteiger partial charge is 0.259 e. The summed E-state index contributed by atoms with van der Waals surface area (Å²) in [6.45, 7) is 1.78. The lowest BCUT2D eigenvalue weighted by molar-refractivity contribution is 0.102. The molecule has 1 N–H and O–H groups in total. The van der Waals surface area contributed by atoms with Gasteiger partial charge in [0.05, 0.1) is 5.56 Å². The van der Waals surface area contributed by atoms with E-state index in [9.17, 15) is 9.18 Å². The van der Waals surface area contributed by atoms with E-state index in [4.69, 9.17) is 0 Å². The molecule has 0 spiro atoms. The summed E-state index contributed by atoms with van der Waals surface area (Å²) in [5, 5.41) is 5.93. The van der Waals surface area contributed by atoms with Crippen LogP contribution in [0.1, 0.15) is 15.9 Å². The van der Waals surface area contributed by atoms with Gasteiger partial charge in [-0.1, -0.05) is 16.8 Å². The minimum absolute atomic E-state index is 0.0111. The van der Waals surface area contributed by atoms with Gasteiger partial charge >= 0.3 is 0 Å². The van der Waals surface area contributed by atoms with Crippen molar-refractivity contribution in [1.29, 1.82) is 0 Å². The van der Waals surface area contributed by atoms with Crippen molar-refractivity contribution in [3.63, 3.8) is 0 Å². The van der Waals surface area contributed by atoms with Crippen molar-refractivity contribution in [2.75, 3.05) is 5.32 Å². The van der Waals surface area contributed by atoms with E-state index in [1.54, 1.807) is 13.0 Å². The van der Waals surface area contributed by atoms with Crippen molar-refractivity contribution < 1.29 is 13.7 Å². The van der Waals surface area contributed by atoms with Gasteiger partial charge in [-0.2, -0.15) is 0 Å². The zero-order chi connectivity index (χ0) is 11.5. The van der Waals surface area contributed by atoms with Crippen LogP contribution in [0.2, 0.25) is 0 Å². The molecular weight excluding hydrogens is 211 g/mol. The number of carbonyl (C=O) groups is 1. The number of halogens is 1. The minimum Gasteiger partial charge on any atom is -0.363 e. The second kappa shape index (κ2) is 4.14. The molecule has 5 heteroatoms. The Labute approximate surface area is 91.1 Å². The Hall–Kier alpha value is -2.17. The number of hydrogen-bond acceptors (Lipinski definition) is 3. The molecule has 4 nitrogen and oxygen atoms in total. The van der Waals surface area contributed by atoms with Crippen LogP contribution in [-0.4, -0.2) is 11.1 Å². The van der Waals surface area contributed by atoms with Gasteiger partial charge in [-0.3, -0.25) is 4.79 Å². The van der Waals surface area contributed by atoms with E-state index in [2.05, 4.69) is 15.0 Å². The van der Waals surface area contributed by atoms with Crippen LogP contribution in [0.15, 0.2) is 35.1 Å². The van der Waals surface area contributed by atoms with Crippen LogP contribution in [-0.2, 0) is 0 Å². The molecular formula is C11H9FN2O2. The lowest BCUT2D eigenvalue weighted by atomic mass is 10.1. The van der Waals surface area contributed by atoms with E-state index < -0.39 is 11.7 Å². The number of aromatic nitrogens is 1. The maximum absolute atomic E-state index is 13.3. The number of nitrogens with one attached hydrogen (secondary N) is 1. The largest absolute Gasteiger partial charge is 0.363 e. The van der Waals surface area contributed by atoms with Crippen LogP contribution in [0.3, 0.4) is 0 Å². The van der Waals surface area contributed by atoms with Crippen molar-refractivity contribution in [3.8, 4) is 0 Å². The van der Waals surface area contributed by atoms with Crippen molar-refractivity contribution in [2.45, 2.75) is 6.92 Å². The monoisotopic (exact) mass is 220 g/mol. The van der Waals surface area contributed by atoms with Crippen LogP contribution >= 0.6 is 0 Å². The fraction of sp³-hybridized carbons (Fsp3) is 0.0909. The molecule has 82 valence electrons. The van der Waals surface area contributed by atoms with E-state index in [1.807, 2.05) is 0 Å². The molecule has 0 unspecified atom stereocenters. The zero-order valence-electron chi connectivity index (χ0n) is 8.53. The number of anilines is 1. The van der Waals surface area contributed by atoms with E-state index in [1.165, 1.54) is 24.5 Å². The van der Waals surface area contributed by atoms with Gasteiger partial charge < -0.3 is 9.84 Å². The highest BCUT2D eigenvalue weighted by molar-refractivity contribution is 6.04. The Balaban J connectivity index is 2.24. The summed E-state index contributed by atoms with van der Waals surface area (Å²) >= 11 is 0. The molecule has 0 fully saturated rings. The first-order valence-corrected chi connectivity index (χ1v) is 4.65. The lowest BCUT2D eigenvalue weighted by Crippen LogP contribution is -2.14. The minimum atomic E-state index is -0.563. The Morgan fingerprint density at radius 2 is 2.25 bits per heavy atom. The third kappa shape index (κ3) is 2.08. The normalized spacial score (nSPS) is 10.1. The first-order chi connectivity index (χ1) is 7.66. The van der Waals surface area contributed by atoms with Crippen molar-refractivity contribution in [2.24, 2.45) is 0 Å². The molecule has 1 aromatic carbocycles. The molecule has 0 atom stereocenters. The second-order valence-electron chi connectivity index (χ2n) is 3.32. The van der Waals surface area contributed by atoms with Gasteiger partial charge in [-0.25, -0.2) is 4.39 Å². The summed E-state index contributed by atoms with van der Waals surface area (Å²) in [6, 6.07) is 5.81. The average molecular weight is 220 g/mol. The molecule has 16 heavy (non-hydrogen) atoms. The van der Waals surface area contributed by atoms with Crippen molar-refractivity contribution in [3.05, 3.63) is 47.5 Å². The summed E-state index contributed by atoms with van der Waals surface area (Å²) in [4.78, 5) is 11.7. The summed E-state index contributed by atoms with van der Waals surface area (Å²) in [6.07, 6.45) is 1.32. The molecule has 0 aliphatic carbocycles. The Bertz CT molecular complexity index is 509. The highest BCUT2D eigenvalue weighted by Crippen LogP contribution is 2.12. The van der Waals surface area contributed by atoms with Gasteiger partial charge in [0.1, 0.15) is 12.1 Å². The summed E-state index contributed by atoms with van der Waals surface area (Å²) in [7, 11) is 0. The predicted molar refractivity (Wildman–Crippen MR) is 55.6 cm³/mol. The maximum Gasteiger partial charge on any atom is 0.259 e. The molecule has 0 saturated heterocycles. The molecule has 2 aromatic rings. The number of carbonyl (C=O) groups excluding carboxylic acids is 1. The quantitative estimate of drug-likeness (QED) is 0.845. The average Bonchev–Trinajstić information content (AvgIpc) is 2.74. The number of hydrogen-bond donors (Lipinski definition) is 1. The highest BCUT2D eigenvalue weighted by Gasteiger charge is 2.12. The summed E-state index contributed by atoms with van der Waals surface area (Å²) in [5.74, 6) is -0.854. The fourth-order valence-electron chi connectivity index (χ4n) is 1.27. The Kier molecular flexibility index (Phi) is 2.68. The van der Waals surface area contributed by atoms with Crippen LogP contribution in [0, 0.1) is 12.7 Å². The first kappa shape index (κ1) is 10.4. The van der Waals surface area contributed by atoms with Gasteiger partial charge in [0.15, 0.2) is 5.82 Å². The van der Waals surface area contributed by atoms with Gasteiger partial charge in [-0.15, -0.1) is 0 Å².